The van der Waals surface area contributed by atoms with Gasteiger partial charge >= 0.3 is 6.18 Å². The summed E-state index contributed by atoms with van der Waals surface area (Å²) in [4.78, 5) is 12.2. The van der Waals surface area contributed by atoms with Crippen molar-refractivity contribution in [3.8, 4) is 5.75 Å². The number of nitrogens with one attached hydrogen (secondary N) is 1. The van der Waals surface area contributed by atoms with Crippen molar-refractivity contribution in [3.05, 3.63) is 65.7 Å². The van der Waals surface area contributed by atoms with Crippen molar-refractivity contribution >= 4 is 5.91 Å². The average molecular weight is 323 g/mol. The van der Waals surface area contributed by atoms with Crippen LogP contribution in [0.2, 0.25) is 0 Å². The molecule has 2 N–H and O–H groups in total. The first-order chi connectivity index (χ1) is 10.8. The molecule has 0 bridgehead atoms. The Morgan fingerprint density at radius 3 is 2.22 bits per heavy atom. The average Bonchev–Trinajstić information content (AvgIpc) is 2.52. The van der Waals surface area contributed by atoms with Crippen LogP contribution in [0.3, 0.4) is 0 Å². The summed E-state index contributed by atoms with van der Waals surface area (Å²) in [5.74, 6) is -1.32. The zero-order valence-corrected chi connectivity index (χ0v) is 12.2. The maximum atomic E-state index is 12.3. The van der Waals surface area contributed by atoms with Crippen LogP contribution < -0.4 is 5.32 Å². The summed E-state index contributed by atoms with van der Waals surface area (Å²) in [7, 11) is 0. The highest BCUT2D eigenvalue weighted by atomic mass is 19.4. The molecule has 0 radical (unpaired) electrons. The third-order valence-electron chi connectivity index (χ3n) is 3.36. The minimum atomic E-state index is -4.45. The van der Waals surface area contributed by atoms with Crippen LogP contribution >= 0.6 is 0 Å². The lowest BCUT2D eigenvalue weighted by atomic mass is 9.91. The maximum absolute atomic E-state index is 12.3. The molecule has 2 aromatic carbocycles. The molecule has 1 amide bonds. The van der Waals surface area contributed by atoms with Gasteiger partial charge in [-0.1, -0.05) is 42.5 Å². The molecule has 2 rings (SSSR count). The van der Waals surface area contributed by atoms with Gasteiger partial charge in [0.05, 0.1) is 5.92 Å². The predicted molar refractivity (Wildman–Crippen MR) is 80.1 cm³/mol. The molecule has 0 spiro atoms. The third kappa shape index (κ3) is 5.32. The van der Waals surface area contributed by atoms with E-state index in [0.29, 0.717) is 5.56 Å². The number of phenols is 1. The second-order valence-corrected chi connectivity index (χ2v) is 5.17. The van der Waals surface area contributed by atoms with Crippen molar-refractivity contribution in [2.75, 3.05) is 6.54 Å². The SMILES string of the molecule is O=C(NCC(F)(F)F)[C@@H](Cc1ccc(O)cc1)c1ccccc1. The smallest absolute Gasteiger partial charge is 0.405 e. The fraction of sp³-hybridized carbons (Fsp3) is 0.235. The second-order valence-electron chi connectivity index (χ2n) is 5.17. The maximum Gasteiger partial charge on any atom is 0.405 e. The van der Waals surface area contributed by atoms with Gasteiger partial charge in [0.15, 0.2) is 0 Å². The molecule has 2 aromatic rings. The molecule has 3 nitrogen and oxygen atoms in total. The fourth-order valence-electron chi connectivity index (χ4n) is 2.23. The van der Waals surface area contributed by atoms with Gasteiger partial charge in [-0.2, -0.15) is 13.2 Å². The van der Waals surface area contributed by atoms with Gasteiger partial charge in [-0.25, -0.2) is 0 Å². The minimum Gasteiger partial charge on any atom is -0.508 e. The van der Waals surface area contributed by atoms with Crippen molar-refractivity contribution in [2.45, 2.75) is 18.5 Å². The molecular weight excluding hydrogens is 307 g/mol. The van der Waals surface area contributed by atoms with Crippen LogP contribution in [0.15, 0.2) is 54.6 Å². The first-order valence-corrected chi connectivity index (χ1v) is 7.02. The van der Waals surface area contributed by atoms with E-state index in [9.17, 15) is 23.1 Å². The lowest BCUT2D eigenvalue weighted by Crippen LogP contribution is -2.37. The summed E-state index contributed by atoms with van der Waals surface area (Å²) in [6, 6.07) is 14.9. The number of benzene rings is 2. The molecule has 0 unspecified atom stereocenters. The van der Waals surface area contributed by atoms with Crippen LogP contribution in [0.1, 0.15) is 17.0 Å². The van der Waals surface area contributed by atoms with Gasteiger partial charge < -0.3 is 10.4 Å². The number of alkyl halides is 3. The molecule has 6 heteroatoms. The van der Waals surface area contributed by atoms with E-state index in [-0.39, 0.29) is 12.2 Å². The Hall–Kier alpha value is -2.50. The van der Waals surface area contributed by atoms with Gasteiger partial charge in [0.25, 0.3) is 0 Å². The molecule has 0 saturated carbocycles. The van der Waals surface area contributed by atoms with E-state index in [1.165, 1.54) is 12.1 Å². The fourth-order valence-corrected chi connectivity index (χ4v) is 2.23. The molecule has 23 heavy (non-hydrogen) atoms. The van der Waals surface area contributed by atoms with Crippen LogP contribution in [0.25, 0.3) is 0 Å². The van der Waals surface area contributed by atoms with Gasteiger partial charge in [0, 0.05) is 0 Å². The number of phenolic OH excluding ortho intramolecular Hbond substituents is 1. The Kier molecular flexibility index (Phi) is 5.26. The highest BCUT2D eigenvalue weighted by Crippen LogP contribution is 2.23. The van der Waals surface area contributed by atoms with Crippen LogP contribution in [0.5, 0.6) is 5.75 Å². The molecule has 0 aliphatic rings. The number of halogens is 3. The van der Waals surface area contributed by atoms with Gasteiger partial charge in [0.1, 0.15) is 12.3 Å². The number of rotatable bonds is 5. The Labute approximate surface area is 131 Å². The molecule has 0 saturated heterocycles. The Morgan fingerprint density at radius 2 is 1.65 bits per heavy atom. The van der Waals surface area contributed by atoms with Gasteiger partial charge in [0.2, 0.25) is 5.91 Å². The lowest BCUT2D eigenvalue weighted by Gasteiger charge is -2.18. The predicted octanol–water partition coefficient (Wildman–Crippen LogP) is 3.40. The number of aromatic hydroxyl groups is 1. The van der Waals surface area contributed by atoms with E-state index in [1.54, 1.807) is 42.5 Å². The van der Waals surface area contributed by atoms with Crippen molar-refractivity contribution in [3.63, 3.8) is 0 Å². The molecule has 0 aliphatic heterocycles. The van der Waals surface area contributed by atoms with Gasteiger partial charge in [-0.15, -0.1) is 0 Å². The van der Waals surface area contributed by atoms with Crippen LogP contribution in [0, 0.1) is 0 Å². The highest BCUT2D eigenvalue weighted by Gasteiger charge is 2.30. The van der Waals surface area contributed by atoms with Gasteiger partial charge in [-0.05, 0) is 29.7 Å². The number of hydrogen-bond acceptors (Lipinski definition) is 2. The molecule has 0 aromatic heterocycles. The molecule has 0 heterocycles. The molecule has 122 valence electrons. The first-order valence-electron chi connectivity index (χ1n) is 7.02. The van der Waals surface area contributed by atoms with E-state index < -0.39 is 24.5 Å². The third-order valence-corrected chi connectivity index (χ3v) is 3.36. The van der Waals surface area contributed by atoms with Crippen molar-refractivity contribution < 1.29 is 23.1 Å². The molecule has 1 atom stereocenters. The van der Waals surface area contributed by atoms with Crippen LogP contribution in [0.4, 0.5) is 13.2 Å². The lowest BCUT2D eigenvalue weighted by molar-refractivity contribution is -0.139. The summed E-state index contributed by atoms with van der Waals surface area (Å²) in [5.41, 5.74) is 1.39. The summed E-state index contributed by atoms with van der Waals surface area (Å²) in [5, 5.41) is 11.2. The minimum absolute atomic E-state index is 0.0894. The molecular formula is C17H16F3NO2. The summed E-state index contributed by atoms with van der Waals surface area (Å²) in [6.07, 6.45) is -4.20. The van der Waals surface area contributed by atoms with E-state index in [4.69, 9.17) is 0 Å². The Balaban J connectivity index is 2.18. The highest BCUT2D eigenvalue weighted by molar-refractivity contribution is 5.84. The van der Waals surface area contributed by atoms with E-state index >= 15 is 0 Å². The number of carbonyl (C=O) groups excluding carboxylic acids is 1. The molecule has 0 fully saturated rings. The van der Waals surface area contributed by atoms with Crippen molar-refractivity contribution in [2.24, 2.45) is 0 Å². The zero-order valence-electron chi connectivity index (χ0n) is 12.2. The monoisotopic (exact) mass is 323 g/mol. The standard InChI is InChI=1S/C17H16F3NO2/c18-17(19,20)11-21-16(23)15(13-4-2-1-3-5-13)10-12-6-8-14(22)9-7-12/h1-9,15,22H,10-11H2,(H,21,23)/t15-/m0/s1. The second kappa shape index (κ2) is 7.17. The molecule has 0 aliphatic carbocycles. The van der Waals surface area contributed by atoms with Gasteiger partial charge in [-0.3, -0.25) is 4.79 Å². The normalized spacial score (nSPS) is 12.7. The summed E-state index contributed by atoms with van der Waals surface area (Å²) >= 11 is 0. The van der Waals surface area contributed by atoms with E-state index in [1.807, 2.05) is 5.32 Å². The van der Waals surface area contributed by atoms with Crippen molar-refractivity contribution in [1.82, 2.24) is 5.32 Å². The Morgan fingerprint density at radius 1 is 1.04 bits per heavy atom. The zero-order chi connectivity index (χ0) is 16.9. The number of amides is 1. The van der Waals surface area contributed by atoms with E-state index in [0.717, 1.165) is 5.56 Å². The number of hydrogen-bond donors (Lipinski definition) is 2. The first kappa shape index (κ1) is 16.9. The largest absolute Gasteiger partial charge is 0.508 e. The van der Waals surface area contributed by atoms with E-state index in [2.05, 4.69) is 0 Å². The summed E-state index contributed by atoms with van der Waals surface area (Å²) in [6.45, 7) is -1.36. The van der Waals surface area contributed by atoms with Crippen LogP contribution in [-0.2, 0) is 11.2 Å². The Bertz CT molecular complexity index is 639. The number of carbonyl (C=O) groups is 1. The van der Waals surface area contributed by atoms with Crippen molar-refractivity contribution in [1.29, 1.82) is 0 Å². The quantitative estimate of drug-likeness (QED) is 0.886. The van der Waals surface area contributed by atoms with Crippen LogP contribution in [-0.4, -0.2) is 23.7 Å². The summed E-state index contributed by atoms with van der Waals surface area (Å²) < 4.78 is 36.9. The topological polar surface area (TPSA) is 49.3 Å².